The van der Waals surface area contributed by atoms with Gasteiger partial charge < -0.3 is 5.32 Å². The number of amides is 1. The van der Waals surface area contributed by atoms with Crippen molar-refractivity contribution in [3.8, 4) is 0 Å². The van der Waals surface area contributed by atoms with Gasteiger partial charge in [-0.15, -0.1) is 11.8 Å². The van der Waals surface area contributed by atoms with Crippen molar-refractivity contribution in [2.75, 3.05) is 6.54 Å². The van der Waals surface area contributed by atoms with Gasteiger partial charge in [0.1, 0.15) is 0 Å². The molecular weight excluding hydrogens is 302 g/mol. The van der Waals surface area contributed by atoms with Gasteiger partial charge in [-0.05, 0) is 43.5 Å². The first-order chi connectivity index (χ1) is 10.1. The van der Waals surface area contributed by atoms with Crippen LogP contribution in [-0.4, -0.2) is 17.7 Å². The second-order valence-corrected chi connectivity index (χ2v) is 7.23. The first-order valence-corrected chi connectivity index (χ1v) is 9.02. The molecule has 1 aromatic carbocycles. The lowest BCUT2D eigenvalue weighted by Crippen LogP contribution is -2.34. The summed E-state index contributed by atoms with van der Waals surface area (Å²) in [4.78, 5) is 13.2. The molecule has 0 spiro atoms. The largest absolute Gasteiger partial charge is 0.355 e. The lowest BCUT2D eigenvalue weighted by Gasteiger charge is -2.17. The van der Waals surface area contributed by atoms with Crippen LogP contribution in [-0.2, 0) is 4.79 Å². The monoisotopic (exact) mass is 327 g/mol. The molecule has 0 bridgehead atoms. The molecule has 0 radical (unpaired) electrons. The fourth-order valence-electron chi connectivity index (χ4n) is 2.10. The number of nitrogens with one attached hydrogen (secondary N) is 1. The highest BCUT2D eigenvalue weighted by molar-refractivity contribution is 8.00. The number of thioether (sulfide) groups is 1. The molecule has 0 unspecified atom stereocenters. The fourth-order valence-corrected chi connectivity index (χ4v) is 3.12. The van der Waals surface area contributed by atoms with Gasteiger partial charge in [0.2, 0.25) is 5.91 Å². The van der Waals surface area contributed by atoms with E-state index in [1.807, 2.05) is 31.2 Å². The highest BCUT2D eigenvalue weighted by atomic mass is 35.5. The Labute approximate surface area is 138 Å². The van der Waals surface area contributed by atoms with Crippen LogP contribution in [0.25, 0.3) is 0 Å². The zero-order valence-electron chi connectivity index (χ0n) is 13.2. The Morgan fingerprint density at radius 3 is 2.52 bits per heavy atom. The maximum atomic E-state index is 12.2. The summed E-state index contributed by atoms with van der Waals surface area (Å²) in [6.07, 6.45) is 4.78. The molecule has 0 heterocycles. The highest BCUT2D eigenvalue weighted by Gasteiger charge is 2.15. The molecule has 0 saturated heterocycles. The summed E-state index contributed by atoms with van der Waals surface area (Å²) in [5, 5.41) is 3.72. The Balaban J connectivity index is 2.38. The first kappa shape index (κ1) is 18.4. The quantitative estimate of drug-likeness (QED) is 0.635. The van der Waals surface area contributed by atoms with E-state index >= 15 is 0 Å². The molecule has 0 aromatic heterocycles. The molecule has 0 fully saturated rings. The second-order valence-electron chi connectivity index (χ2n) is 5.38. The van der Waals surface area contributed by atoms with Gasteiger partial charge in [0, 0.05) is 16.5 Å². The Morgan fingerprint density at radius 2 is 1.95 bits per heavy atom. The van der Waals surface area contributed by atoms with Crippen LogP contribution in [0.2, 0.25) is 5.02 Å². The van der Waals surface area contributed by atoms with E-state index in [4.69, 9.17) is 11.6 Å². The molecule has 4 heteroatoms. The van der Waals surface area contributed by atoms with E-state index in [9.17, 15) is 4.79 Å². The summed E-state index contributed by atoms with van der Waals surface area (Å²) >= 11 is 7.43. The van der Waals surface area contributed by atoms with Crippen LogP contribution in [0, 0.1) is 5.92 Å². The number of benzene rings is 1. The minimum absolute atomic E-state index is 0.0881. The molecule has 0 saturated carbocycles. The second kappa shape index (κ2) is 10.1. The molecule has 2 atom stereocenters. The molecule has 118 valence electrons. The molecular formula is C17H26ClNOS. The Morgan fingerprint density at radius 1 is 1.29 bits per heavy atom. The van der Waals surface area contributed by atoms with E-state index in [1.54, 1.807) is 11.8 Å². The van der Waals surface area contributed by atoms with Gasteiger partial charge in [0.05, 0.1) is 5.25 Å². The van der Waals surface area contributed by atoms with Crippen molar-refractivity contribution in [1.29, 1.82) is 0 Å². The average molecular weight is 328 g/mol. The topological polar surface area (TPSA) is 29.1 Å². The van der Waals surface area contributed by atoms with Crippen molar-refractivity contribution in [3.63, 3.8) is 0 Å². The molecule has 0 aliphatic heterocycles. The van der Waals surface area contributed by atoms with E-state index in [1.165, 1.54) is 19.3 Å². The Bertz CT molecular complexity index is 421. The third-order valence-corrected chi connectivity index (χ3v) is 4.97. The SMILES string of the molecule is CCCC[C@H](CC)CNC(=O)[C@H](C)Sc1ccc(Cl)cc1. The van der Waals surface area contributed by atoms with Crippen LogP contribution in [0.3, 0.4) is 0 Å². The van der Waals surface area contributed by atoms with Crippen LogP contribution < -0.4 is 5.32 Å². The number of hydrogen-bond donors (Lipinski definition) is 1. The van der Waals surface area contributed by atoms with Crippen molar-refractivity contribution >= 4 is 29.3 Å². The summed E-state index contributed by atoms with van der Waals surface area (Å²) in [7, 11) is 0. The van der Waals surface area contributed by atoms with E-state index in [2.05, 4.69) is 19.2 Å². The van der Waals surface area contributed by atoms with Gasteiger partial charge in [-0.2, -0.15) is 0 Å². The smallest absolute Gasteiger partial charge is 0.233 e. The summed E-state index contributed by atoms with van der Waals surface area (Å²) < 4.78 is 0. The predicted molar refractivity (Wildman–Crippen MR) is 93.1 cm³/mol. The maximum absolute atomic E-state index is 12.2. The van der Waals surface area contributed by atoms with Crippen LogP contribution in [0.1, 0.15) is 46.5 Å². The fraction of sp³-hybridized carbons (Fsp3) is 0.588. The van der Waals surface area contributed by atoms with E-state index in [0.29, 0.717) is 5.92 Å². The molecule has 1 rings (SSSR count). The van der Waals surface area contributed by atoms with Crippen LogP contribution in [0.4, 0.5) is 0 Å². The zero-order valence-corrected chi connectivity index (χ0v) is 14.8. The summed E-state index contributed by atoms with van der Waals surface area (Å²) in [6.45, 7) is 7.14. The number of rotatable bonds is 9. The number of carbonyl (C=O) groups is 1. The van der Waals surface area contributed by atoms with E-state index < -0.39 is 0 Å². The van der Waals surface area contributed by atoms with Gasteiger partial charge in [-0.25, -0.2) is 0 Å². The number of hydrogen-bond acceptors (Lipinski definition) is 2. The molecule has 1 N–H and O–H groups in total. The van der Waals surface area contributed by atoms with Gasteiger partial charge in [-0.1, -0.05) is 44.7 Å². The number of carbonyl (C=O) groups excluding carboxylic acids is 1. The number of halogens is 1. The number of unbranched alkanes of at least 4 members (excludes halogenated alkanes) is 1. The van der Waals surface area contributed by atoms with E-state index in [0.717, 1.165) is 22.9 Å². The summed E-state index contributed by atoms with van der Waals surface area (Å²) in [5.74, 6) is 0.714. The van der Waals surface area contributed by atoms with Crippen molar-refractivity contribution < 1.29 is 4.79 Å². The summed E-state index contributed by atoms with van der Waals surface area (Å²) in [5.41, 5.74) is 0. The normalized spacial score (nSPS) is 13.7. The van der Waals surface area contributed by atoms with Crippen molar-refractivity contribution in [2.45, 2.75) is 56.6 Å². The van der Waals surface area contributed by atoms with Gasteiger partial charge in [0.15, 0.2) is 0 Å². The molecule has 0 aliphatic carbocycles. The molecule has 0 aliphatic rings. The van der Waals surface area contributed by atoms with Crippen LogP contribution in [0.15, 0.2) is 29.2 Å². The van der Waals surface area contributed by atoms with Gasteiger partial charge in [-0.3, -0.25) is 4.79 Å². The average Bonchev–Trinajstić information content (AvgIpc) is 2.49. The van der Waals surface area contributed by atoms with E-state index in [-0.39, 0.29) is 11.2 Å². The molecule has 2 nitrogen and oxygen atoms in total. The maximum Gasteiger partial charge on any atom is 0.233 e. The van der Waals surface area contributed by atoms with Crippen molar-refractivity contribution in [1.82, 2.24) is 5.32 Å². The Kier molecular flexibility index (Phi) is 8.86. The van der Waals surface area contributed by atoms with Crippen LogP contribution >= 0.6 is 23.4 Å². The van der Waals surface area contributed by atoms with Gasteiger partial charge in [0.25, 0.3) is 0 Å². The zero-order chi connectivity index (χ0) is 15.7. The highest BCUT2D eigenvalue weighted by Crippen LogP contribution is 2.24. The molecule has 1 aromatic rings. The third kappa shape index (κ3) is 7.23. The Hall–Kier alpha value is -0.670. The third-order valence-electron chi connectivity index (χ3n) is 3.60. The predicted octanol–water partition coefficient (Wildman–Crippen LogP) is 5.15. The molecule has 1 amide bonds. The van der Waals surface area contributed by atoms with Crippen LogP contribution in [0.5, 0.6) is 0 Å². The molecule has 21 heavy (non-hydrogen) atoms. The lowest BCUT2D eigenvalue weighted by atomic mass is 9.99. The minimum atomic E-state index is -0.0881. The minimum Gasteiger partial charge on any atom is -0.355 e. The van der Waals surface area contributed by atoms with Crippen molar-refractivity contribution in [2.24, 2.45) is 5.92 Å². The van der Waals surface area contributed by atoms with Crippen molar-refractivity contribution in [3.05, 3.63) is 29.3 Å². The summed E-state index contributed by atoms with van der Waals surface area (Å²) in [6, 6.07) is 7.61. The standard InChI is InChI=1S/C17H26ClNOS/c1-4-6-7-14(5-2)12-19-17(20)13(3)21-16-10-8-15(18)9-11-16/h8-11,13-14H,4-7,12H2,1-3H3,(H,19,20)/t13-,14-/m0/s1. The first-order valence-electron chi connectivity index (χ1n) is 7.76. The lowest BCUT2D eigenvalue weighted by molar-refractivity contribution is -0.120. The van der Waals surface area contributed by atoms with Gasteiger partial charge >= 0.3 is 0 Å².